The van der Waals surface area contributed by atoms with E-state index in [1.165, 1.54) is 0 Å². The first-order valence-corrected chi connectivity index (χ1v) is 14.2. The molecule has 0 bridgehead atoms. The van der Waals surface area contributed by atoms with Crippen molar-refractivity contribution in [1.82, 2.24) is 4.90 Å². The predicted octanol–water partition coefficient (Wildman–Crippen LogP) is 5.89. The second-order valence-electron chi connectivity index (χ2n) is 9.81. The molecule has 2 aromatic carbocycles. The van der Waals surface area contributed by atoms with E-state index in [0.29, 0.717) is 29.4 Å². The fourth-order valence-corrected chi connectivity index (χ4v) is 4.76. The standard InChI is InChI=1S/C26H36NO5Si/c1-26(2,3)33(7,8)32-20-13-11-18(12-14-20)21-10-9-15-27(21)25(28)19-16-22(29-4)24(31-6)23(17-19)30-5/h10-14,16-17,21H,9,15H2,1-8H3. The van der Waals surface area contributed by atoms with E-state index in [0.717, 1.165) is 17.7 Å². The third-order valence-corrected chi connectivity index (χ3v) is 11.0. The average Bonchev–Trinajstić information content (AvgIpc) is 3.26. The average molecular weight is 471 g/mol. The monoisotopic (exact) mass is 470 g/mol. The Balaban J connectivity index is 1.83. The summed E-state index contributed by atoms with van der Waals surface area (Å²) in [6.07, 6.45) is 3.02. The normalized spacial score (nSPS) is 16.5. The first-order valence-electron chi connectivity index (χ1n) is 11.3. The molecule has 0 aliphatic carbocycles. The highest BCUT2D eigenvalue weighted by molar-refractivity contribution is 6.74. The Hall–Kier alpha value is -2.67. The topological polar surface area (TPSA) is 57.2 Å². The van der Waals surface area contributed by atoms with Gasteiger partial charge in [0.15, 0.2) is 11.5 Å². The van der Waals surface area contributed by atoms with Crippen LogP contribution in [0.4, 0.5) is 0 Å². The van der Waals surface area contributed by atoms with Gasteiger partial charge in [0.25, 0.3) is 5.91 Å². The summed E-state index contributed by atoms with van der Waals surface area (Å²) in [5, 5.41) is 0.134. The molecule has 2 aromatic rings. The Bertz CT molecular complexity index is 956. The number of rotatable bonds is 7. The van der Waals surface area contributed by atoms with Crippen LogP contribution in [0, 0.1) is 6.42 Å². The number of carbonyl (C=O) groups is 1. The van der Waals surface area contributed by atoms with Gasteiger partial charge in [-0.1, -0.05) is 32.9 Å². The van der Waals surface area contributed by atoms with Crippen LogP contribution in [-0.2, 0) is 0 Å². The van der Waals surface area contributed by atoms with Crippen LogP contribution in [0.15, 0.2) is 36.4 Å². The van der Waals surface area contributed by atoms with E-state index in [1.54, 1.807) is 33.5 Å². The molecule has 179 valence electrons. The van der Waals surface area contributed by atoms with Crippen molar-refractivity contribution >= 4 is 14.2 Å². The molecule has 1 fully saturated rings. The first kappa shape index (κ1) is 25.0. The van der Waals surface area contributed by atoms with Gasteiger partial charge in [-0.15, -0.1) is 0 Å². The number of likely N-dealkylation sites (tertiary alicyclic amines) is 1. The molecular weight excluding hydrogens is 434 g/mol. The van der Waals surface area contributed by atoms with Gasteiger partial charge in [-0.25, -0.2) is 0 Å². The molecule has 1 radical (unpaired) electrons. The van der Waals surface area contributed by atoms with E-state index < -0.39 is 8.32 Å². The zero-order valence-electron chi connectivity index (χ0n) is 21.0. The summed E-state index contributed by atoms with van der Waals surface area (Å²) in [5.74, 6) is 2.21. The second kappa shape index (κ2) is 9.67. The van der Waals surface area contributed by atoms with E-state index in [2.05, 4.69) is 52.4 Å². The molecule has 1 atom stereocenters. The molecular formula is C26H36NO5Si. The molecule has 0 aromatic heterocycles. The number of carbonyl (C=O) groups excluding carboxylic acids is 1. The van der Waals surface area contributed by atoms with Crippen LogP contribution >= 0.6 is 0 Å². The predicted molar refractivity (Wildman–Crippen MR) is 133 cm³/mol. The Labute approximate surface area is 198 Å². The van der Waals surface area contributed by atoms with Crippen molar-refractivity contribution in [1.29, 1.82) is 0 Å². The molecule has 1 heterocycles. The number of amides is 1. The molecule has 1 saturated heterocycles. The Kier molecular flexibility index (Phi) is 7.31. The smallest absolute Gasteiger partial charge is 0.254 e. The highest BCUT2D eigenvalue weighted by Gasteiger charge is 2.39. The van der Waals surface area contributed by atoms with E-state index in [-0.39, 0.29) is 17.0 Å². The maximum Gasteiger partial charge on any atom is 0.254 e. The van der Waals surface area contributed by atoms with Crippen LogP contribution in [0.1, 0.15) is 49.2 Å². The van der Waals surface area contributed by atoms with E-state index >= 15 is 0 Å². The number of nitrogens with zero attached hydrogens (tertiary/aromatic N) is 1. The molecule has 1 unspecified atom stereocenters. The SMILES string of the molecule is COc1cc(C(=O)N2CC[CH]C2c2ccc(O[Si](C)(C)C(C)(C)C)cc2)cc(OC)c1OC. The van der Waals surface area contributed by atoms with Gasteiger partial charge < -0.3 is 23.5 Å². The molecule has 3 rings (SSSR count). The Morgan fingerprint density at radius 3 is 2.03 bits per heavy atom. The summed E-state index contributed by atoms with van der Waals surface area (Å²) in [4.78, 5) is 15.3. The van der Waals surface area contributed by atoms with Crippen LogP contribution in [0.25, 0.3) is 0 Å². The van der Waals surface area contributed by atoms with Crippen molar-refractivity contribution in [2.24, 2.45) is 0 Å². The summed E-state index contributed by atoms with van der Waals surface area (Å²) in [6, 6.07) is 11.5. The number of methoxy groups -OCH3 is 3. The van der Waals surface area contributed by atoms with Gasteiger partial charge >= 0.3 is 0 Å². The zero-order valence-corrected chi connectivity index (χ0v) is 22.0. The van der Waals surface area contributed by atoms with Crippen molar-refractivity contribution in [2.75, 3.05) is 27.9 Å². The van der Waals surface area contributed by atoms with Crippen LogP contribution in [0.3, 0.4) is 0 Å². The van der Waals surface area contributed by atoms with Crippen molar-refractivity contribution in [2.45, 2.75) is 51.4 Å². The molecule has 1 aliphatic rings. The minimum atomic E-state index is -1.90. The van der Waals surface area contributed by atoms with E-state index in [1.807, 2.05) is 17.0 Å². The third-order valence-electron chi connectivity index (χ3n) is 6.67. The highest BCUT2D eigenvalue weighted by Crippen LogP contribution is 2.41. The number of benzene rings is 2. The van der Waals surface area contributed by atoms with Gasteiger partial charge in [-0.2, -0.15) is 0 Å². The molecule has 0 N–H and O–H groups in total. The molecule has 6 nitrogen and oxygen atoms in total. The fourth-order valence-electron chi connectivity index (χ4n) is 3.73. The van der Waals surface area contributed by atoms with Crippen LogP contribution < -0.4 is 18.6 Å². The maximum atomic E-state index is 13.5. The molecule has 7 heteroatoms. The highest BCUT2D eigenvalue weighted by atomic mass is 28.4. The van der Waals surface area contributed by atoms with Crippen LogP contribution in [0.2, 0.25) is 18.1 Å². The van der Waals surface area contributed by atoms with Gasteiger partial charge in [-0.3, -0.25) is 4.79 Å². The molecule has 0 spiro atoms. The largest absolute Gasteiger partial charge is 0.544 e. The lowest BCUT2D eigenvalue weighted by Crippen LogP contribution is -2.43. The molecule has 1 aliphatic heterocycles. The zero-order chi connectivity index (χ0) is 24.4. The number of ether oxygens (including phenoxy) is 3. The lowest BCUT2D eigenvalue weighted by Gasteiger charge is -2.36. The summed E-state index contributed by atoms with van der Waals surface area (Å²) in [5.41, 5.74) is 1.57. The quantitative estimate of drug-likeness (QED) is 0.473. The first-order chi connectivity index (χ1) is 15.5. The lowest BCUT2D eigenvalue weighted by molar-refractivity contribution is 0.0744. The van der Waals surface area contributed by atoms with Gasteiger partial charge in [0, 0.05) is 12.1 Å². The number of hydrogen-bond donors (Lipinski definition) is 0. The fraction of sp³-hybridized carbons (Fsp3) is 0.462. The minimum absolute atomic E-state index is 0.0744. The molecule has 1 amide bonds. The van der Waals surface area contributed by atoms with Crippen molar-refractivity contribution in [3.63, 3.8) is 0 Å². The Morgan fingerprint density at radius 2 is 1.55 bits per heavy atom. The van der Waals surface area contributed by atoms with Crippen LogP contribution in [0.5, 0.6) is 23.0 Å². The molecule has 33 heavy (non-hydrogen) atoms. The molecule has 0 saturated carbocycles. The van der Waals surface area contributed by atoms with Gasteiger partial charge in [0.05, 0.1) is 27.4 Å². The Morgan fingerprint density at radius 1 is 0.970 bits per heavy atom. The third kappa shape index (κ3) is 5.13. The summed E-state index contributed by atoms with van der Waals surface area (Å²) < 4.78 is 22.6. The van der Waals surface area contributed by atoms with Crippen molar-refractivity contribution < 1.29 is 23.4 Å². The summed E-state index contributed by atoms with van der Waals surface area (Å²) in [7, 11) is 2.74. The van der Waals surface area contributed by atoms with Crippen molar-refractivity contribution in [3.8, 4) is 23.0 Å². The summed E-state index contributed by atoms with van der Waals surface area (Å²) in [6.45, 7) is 11.8. The van der Waals surface area contributed by atoms with Gasteiger partial charge in [-0.05, 0) is 60.8 Å². The lowest BCUT2D eigenvalue weighted by atomic mass is 10.0. The number of hydrogen-bond acceptors (Lipinski definition) is 5. The van der Waals surface area contributed by atoms with Gasteiger partial charge in [0.2, 0.25) is 14.1 Å². The van der Waals surface area contributed by atoms with E-state index in [9.17, 15) is 4.79 Å². The van der Waals surface area contributed by atoms with Crippen molar-refractivity contribution in [3.05, 3.63) is 53.9 Å². The maximum absolute atomic E-state index is 13.5. The van der Waals surface area contributed by atoms with Crippen LogP contribution in [-0.4, -0.2) is 47.0 Å². The summed E-state index contributed by atoms with van der Waals surface area (Å²) >= 11 is 0. The second-order valence-corrected chi connectivity index (χ2v) is 14.5. The van der Waals surface area contributed by atoms with E-state index in [4.69, 9.17) is 18.6 Å². The minimum Gasteiger partial charge on any atom is -0.544 e. The van der Waals surface area contributed by atoms with Gasteiger partial charge in [0.1, 0.15) is 5.75 Å².